The summed E-state index contributed by atoms with van der Waals surface area (Å²) in [5, 5.41) is 12.9. The van der Waals surface area contributed by atoms with Gasteiger partial charge in [-0.1, -0.05) is 18.2 Å². The van der Waals surface area contributed by atoms with Crippen LogP contribution < -0.4 is 0 Å². The van der Waals surface area contributed by atoms with Crippen LogP contribution in [0, 0.1) is 24.0 Å². The Morgan fingerprint density at radius 3 is 2.60 bits per heavy atom. The second-order valence-electron chi connectivity index (χ2n) is 6.98. The standard InChI is InChI=1S/C21H25NO2S/c1-15-11-20(16(2)10-19(15)8-9-22(23)24)12-17-13-21(25-14-17)18-6-4-3-5-7-18/h6,10-11,13-14H,3-5,7-9,12H2,1-2H3. The van der Waals surface area contributed by atoms with E-state index in [1.54, 1.807) is 0 Å². The highest BCUT2D eigenvalue weighted by Crippen LogP contribution is 2.32. The molecule has 1 aromatic carbocycles. The number of nitro groups is 1. The lowest BCUT2D eigenvalue weighted by molar-refractivity contribution is -0.479. The highest BCUT2D eigenvalue weighted by molar-refractivity contribution is 7.11. The summed E-state index contributed by atoms with van der Waals surface area (Å²) in [7, 11) is 0. The molecule has 1 aliphatic rings. The molecule has 0 bridgehead atoms. The van der Waals surface area contributed by atoms with Gasteiger partial charge in [-0.25, -0.2) is 0 Å². The lowest BCUT2D eigenvalue weighted by Gasteiger charge is -2.11. The van der Waals surface area contributed by atoms with Crippen molar-refractivity contribution in [1.29, 1.82) is 0 Å². The molecule has 0 aliphatic heterocycles. The van der Waals surface area contributed by atoms with Crippen LogP contribution in [-0.2, 0) is 12.8 Å². The first kappa shape index (κ1) is 17.9. The number of thiophene rings is 1. The minimum Gasteiger partial charge on any atom is -0.265 e. The number of aryl methyl sites for hydroxylation is 2. The van der Waals surface area contributed by atoms with Crippen molar-refractivity contribution in [2.75, 3.05) is 6.54 Å². The lowest BCUT2D eigenvalue weighted by Crippen LogP contribution is -2.06. The molecule has 3 nitrogen and oxygen atoms in total. The molecule has 25 heavy (non-hydrogen) atoms. The summed E-state index contributed by atoms with van der Waals surface area (Å²) in [6.07, 6.45) is 8.91. The van der Waals surface area contributed by atoms with Gasteiger partial charge in [0.15, 0.2) is 0 Å². The summed E-state index contributed by atoms with van der Waals surface area (Å²) >= 11 is 1.86. The zero-order valence-corrected chi connectivity index (χ0v) is 15.8. The van der Waals surface area contributed by atoms with E-state index < -0.39 is 0 Å². The Labute approximate surface area is 153 Å². The third kappa shape index (κ3) is 4.57. The Morgan fingerprint density at radius 2 is 1.88 bits per heavy atom. The highest BCUT2D eigenvalue weighted by Gasteiger charge is 2.11. The molecule has 1 aromatic heterocycles. The van der Waals surface area contributed by atoms with E-state index in [9.17, 15) is 10.1 Å². The van der Waals surface area contributed by atoms with Crippen molar-refractivity contribution in [2.24, 2.45) is 0 Å². The highest BCUT2D eigenvalue weighted by atomic mass is 32.1. The maximum atomic E-state index is 10.6. The van der Waals surface area contributed by atoms with E-state index in [0.29, 0.717) is 6.42 Å². The van der Waals surface area contributed by atoms with Crippen molar-refractivity contribution in [3.63, 3.8) is 0 Å². The normalized spacial score (nSPS) is 14.4. The molecule has 4 heteroatoms. The number of hydrogen-bond acceptors (Lipinski definition) is 3. The quantitative estimate of drug-likeness (QED) is 0.490. The Morgan fingerprint density at radius 1 is 1.12 bits per heavy atom. The van der Waals surface area contributed by atoms with Crippen molar-refractivity contribution in [3.05, 3.63) is 72.5 Å². The van der Waals surface area contributed by atoms with Gasteiger partial charge in [0.05, 0.1) is 0 Å². The van der Waals surface area contributed by atoms with Crippen LogP contribution in [0.25, 0.3) is 5.57 Å². The van der Waals surface area contributed by atoms with Gasteiger partial charge in [0.1, 0.15) is 0 Å². The van der Waals surface area contributed by atoms with Crippen LogP contribution in [0.3, 0.4) is 0 Å². The molecule has 0 unspecified atom stereocenters. The first-order valence-electron chi connectivity index (χ1n) is 9.00. The SMILES string of the molecule is Cc1cc(Cc2csc(C3=CCCCC3)c2)c(C)cc1CC[N+](=O)[O-]. The smallest absolute Gasteiger partial charge is 0.207 e. The molecule has 0 atom stereocenters. The predicted molar refractivity (Wildman–Crippen MR) is 105 cm³/mol. The van der Waals surface area contributed by atoms with Crippen LogP contribution in [0.2, 0.25) is 0 Å². The van der Waals surface area contributed by atoms with Gasteiger partial charge in [0.2, 0.25) is 6.54 Å². The van der Waals surface area contributed by atoms with Crippen LogP contribution in [-0.4, -0.2) is 11.5 Å². The lowest BCUT2D eigenvalue weighted by atomic mass is 9.94. The van der Waals surface area contributed by atoms with Crippen molar-refractivity contribution >= 4 is 16.9 Å². The Bertz CT molecular complexity index is 804. The van der Waals surface area contributed by atoms with Crippen LogP contribution in [0.4, 0.5) is 0 Å². The molecule has 1 aliphatic carbocycles. The monoisotopic (exact) mass is 355 g/mol. The van der Waals surface area contributed by atoms with E-state index in [1.165, 1.54) is 52.8 Å². The average molecular weight is 356 g/mol. The summed E-state index contributed by atoms with van der Waals surface area (Å²) in [6, 6.07) is 6.68. The largest absolute Gasteiger partial charge is 0.265 e. The van der Waals surface area contributed by atoms with E-state index in [2.05, 4.69) is 43.5 Å². The van der Waals surface area contributed by atoms with Gasteiger partial charge in [0.25, 0.3) is 0 Å². The topological polar surface area (TPSA) is 43.1 Å². The number of nitrogens with zero attached hydrogens (tertiary/aromatic N) is 1. The fourth-order valence-corrected chi connectivity index (χ4v) is 4.51. The number of hydrogen-bond donors (Lipinski definition) is 0. The maximum Gasteiger partial charge on any atom is 0.207 e. The molecular weight excluding hydrogens is 330 g/mol. The van der Waals surface area contributed by atoms with E-state index in [4.69, 9.17) is 0 Å². The van der Waals surface area contributed by atoms with Crippen molar-refractivity contribution < 1.29 is 4.92 Å². The second-order valence-corrected chi connectivity index (χ2v) is 7.89. The third-order valence-electron chi connectivity index (χ3n) is 5.01. The number of benzene rings is 1. The Hall–Kier alpha value is -1.94. The van der Waals surface area contributed by atoms with Crippen molar-refractivity contribution in [3.8, 4) is 0 Å². The van der Waals surface area contributed by atoms with E-state index >= 15 is 0 Å². The van der Waals surface area contributed by atoms with Gasteiger partial charge in [-0.15, -0.1) is 11.3 Å². The maximum absolute atomic E-state index is 10.6. The van der Waals surface area contributed by atoms with E-state index in [1.807, 2.05) is 11.3 Å². The molecule has 0 radical (unpaired) electrons. The van der Waals surface area contributed by atoms with Crippen molar-refractivity contribution in [2.45, 2.75) is 52.4 Å². The molecular formula is C21H25NO2S. The van der Waals surface area contributed by atoms with Crippen LogP contribution in [0.1, 0.15) is 58.4 Å². The fourth-order valence-electron chi connectivity index (χ4n) is 3.53. The zero-order valence-electron chi connectivity index (χ0n) is 15.0. The van der Waals surface area contributed by atoms with Gasteiger partial charge in [-0.05, 0) is 90.8 Å². The van der Waals surface area contributed by atoms with Gasteiger partial charge < -0.3 is 0 Å². The fraction of sp³-hybridized carbons (Fsp3) is 0.429. The average Bonchev–Trinajstić information content (AvgIpc) is 3.06. The summed E-state index contributed by atoms with van der Waals surface area (Å²) in [5.41, 5.74) is 7.69. The first-order chi connectivity index (χ1) is 12.0. The zero-order chi connectivity index (χ0) is 17.8. The summed E-state index contributed by atoms with van der Waals surface area (Å²) in [6.45, 7) is 4.17. The molecule has 2 aromatic rings. The summed E-state index contributed by atoms with van der Waals surface area (Å²) in [5.74, 6) is 0. The minimum absolute atomic E-state index is 0.00261. The molecule has 132 valence electrons. The van der Waals surface area contributed by atoms with Gasteiger partial charge in [-0.3, -0.25) is 10.1 Å². The second kappa shape index (κ2) is 7.96. The van der Waals surface area contributed by atoms with Gasteiger partial charge >= 0.3 is 0 Å². The van der Waals surface area contributed by atoms with Crippen LogP contribution >= 0.6 is 11.3 Å². The van der Waals surface area contributed by atoms with Crippen LogP contribution in [0.15, 0.2) is 29.7 Å². The Kier molecular flexibility index (Phi) is 5.69. The minimum atomic E-state index is -0.241. The Balaban J connectivity index is 1.74. The molecule has 0 spiro atoms. The van der Waals surface area contributed by atoms with E-state index in [0.717, 1.165) is 17.5 Å². The van der Waals surface area contributed by atoms with Crippen molar-refractivity contribution in [1.82, 2.24) is 0 Å². The van der Waals surface area contributed by atoms with Gasteiger partial charge in [-0.2, -0.15) is 0 Å². The molecule has 0 saturated heterocycles. The number of rotatable bonds is 6. The molecule has 0 fully saturated rings. The number of allylic oxidation sites excluding steroid dienone is 2. The predicted octanol–water partition coefficient (Wildman–Crippen LogP) is 5.73. The van der Waals surface area contributed by atoms with E-state index in [-0.39, 0.29) is 11.5 Å². The molecule has 3 rings (SSSR count). The first-order valence-corrected chi connectivity index (χ1v) is 9.88. The third-order valence-corrected chi connectivity index (χ3v) is 6.07. The molecule has 0 N–H and O–H groups in total. The summed E-state index contributed by atoms with van der Waals surface area (Å²) < 4.78 is 0. The molecule has 1 heterocycles. The molecule has 0 amide bonds. The van der Waals surface area contributed by atoms with Crippen LogP contribution in [0.5, 0.6) is 0 Å². The molecule has 0 saturated carbocycles. The summed E-state index contributed by atoms with van der Waals surface area (Å²) in [4.78, 5) is 11.8. The van der Waals surface area contributed by atoms with Gasteiger partial charge in [0, 0.05) is 16.2 Å².